The Morgan fingerprint density at radius 2 is 2.04 bits per heavy atom. The first-order valence-corrected chi connectivity index (χ1v) is 8.82. The molecule has 1 amide bonds. The summed E-state index contributed by atoms with van der Waals surface area (Å²) in [6.45, 7) is 3.99. The molecule has 2 aromatic heterocycles. The van der Waals surface area contributed by atoms with Gasteiger partial charge >= 0.3 is 0 Å². The van der Waals surface area contributed by atoms with Crippen molar-refractivity contribution in [1.82, 2.24) is 9.38 Å². The van der Waals surface area contributed by atoms with E-state index in [9.17, 15) is 4.79 Å². The van der Waals surface area contributed by atoms with Gasteiger partial charge in [-0.3, -0.25) is 9.20 Å². The van der Waals surface area contributed by atoms with E-state index in [1.54, 1.807) is 0 Å². The molecule has 23 heavy (non-hydrogen) atoms. The SMILES string of the molecule is CCc1nc2ccc(Br)cn2c1C(=O)Nc1ccc(Br)c(C)c1. The van der Waals surface area contributed by atoms with Crippen molar-refractivity contribution in [3.05, 3.63) is 62.4 Å². The van der Waals surface area contributed by atoms with Crippen LogP contribution in [0.15, 0.2) is 45.5 Å². The summed E-state index contributed by atoms with van der Waals surface area (Å²) in [5, 5.41) is 2.96. The lowest BCUT2D eigenvalue weighted by atomic mass is 10.2. The molecular formula is C17H15Br2N3O. The molecule has 0 unspecified atom stereocenters. The molecule has 0 atom stereocenters. The van der Waals surface area contributed by atoms with Crippen molar-refractivity contribution in [1.29, 1.82) is 0 Å². The number of carbonyl (C=O) groups excluding carboxylic acids is 1. The molecule has 0 saturated carbocycles. The Kier molecular flexibility index (Phi) is 4.55. The second-order valence-electron chi connectivity index (χ2n) is 5.25. The fourth-order valence-electron chi connectivity index (χ4n) is 2.47. The predicted octanol–water partition coefficient (Wildman–Crippen LogP) is 4.98. The first-order valence-electron chi connectivity index (χ1n) is 7.23. The molecule has 4 nitrogen and oxygen atoms in total. The number of nitrogens with one attached hydrogen (secondary N) is 1. The number of aromatic nitrogens is 2. The highest BCUT2D eigenvalue weighted by Gasteiger charge is 2.18. The standard InChI is InChI=1S/C17H15Br2N3O/c1-3-14-16(22-9-11(18)4-7-15(22)21-14)17(23)20-12-5-6-13(19)10(2)8-12/h4-9H,3H2,1-2H3,(H,20,23). The highest BCUT2D eigenvalue weighted by atomic mass is 79.9. The summed E-state index contributed by atoms with van der Waals surface area (Å²) < 4.78 is 3.74. The van der Waals surface area contributed by atoms with Crippen LogP contribution in [-0.4, -0.2) is 15.3 Å². The number of rotatable bonds is 3. The maximum atomic E-state index is 12.8. The van der Waals surface area contributed by atoms with Gasteiger partial charge in [-0.25, -0.2) is 4.98 Å². The van der Waals surface area contributed by atoms with E-state index in [4.69, 9.17) is 0 Å². The molecule has 118 valence electrons. The largest absolute Gasteiger partial charge is 0.321 e. The number of hydrogen-bond donors (Lipinski definition) is 1. The van der Waals surface area contributed by atoms with Gasteiger partial charge in [0.2, 0.25) is 0 Å². The Morgan fingerprint density at radius 3 is 2.74 bits per heavy atom. The van der Waals surface area contributed by atoms with Crippen LogP contribution in [0.2, 0.25) is 0 Å². The molecule has 1 N–H and O–H groups in total. The minimum absolute atomic E-state index is 0.158. The molecule has 6 heteroatoms. The number of benzene rings is 1. The van der Waals surface area contributed by atoms with Crippen LogP contribution < -0.4 is 5.32 Å². The van der Waals surface area contributed by atoms with E-state index >= 15 is 0 Å². The highest BCUT2D eigenvalue weighted by Crippen LogP contribution is 2.22. The number of aryl methyl sites for hydroxylation is 2. The van der Waals surface area contributed by atoms with Gasteiger partial charge in [0, 0.05) is 20.8 Å². The molecule has 1 aromatic carbocycles. The summed E-state index contributed by atoms with van der Waals surface area (Å²) >= 11 is 6.91. The van der Waals surface area contributed by atoms with E-state index in [0.717, 1.165) is 31.5 Å². The second-order valence-corrected chi connectivity index (χ2v) is 7.02. The predicted molar refractivity (Wildman–Crippen MR) is 99.1 cm³/mol. The van der Waals surface area contributed by atoms with Crippen molar-refractivity contribution < 1.29 is 4.79 Å². The first-order chi connectivity index (χ1) is 11.0. The number of hydrogen-bond acceptors (Lipinski definition) is 2. The summed E-state index contributed by atoms with van der Waals surface area (Å²) in [6, 6.07) is 9.55. The highest BCUT2D eigenvalue weighted by molar-refractivity contribution is 9.10. The van der Waals surface area contributed by atoms with E-state index < -0.39 is 0 Å². The molecule has 0 bridgehead atoms. The minimum Gasteiger partial charge on any atom is -0.321 e. The number of anilines is 1. The van der Waals surface area contributed by atoms with Crippen LogP contribution in [0, 0.1) is 6.92 Å². The Balaban J connectivity index is 2.02. The Hall–Kier alpha value is -1.66. The quantitative estimate of drug-likeness (QED) is 0.629. The Labute approximate surface area is 151 Å². The molecule has 3 rings (SSSR count). The van der Waals surface area contributed by atoms with Crippen molar-refractivity contribution in [3.8, 4) is 0 Å². The Bertz CT molecular complexity index is 902. The number of imidazole rings is 1. The lowest BCUT2D eigenvalue weighted by Crippen LogP contribution is -2.16. The number of pyridine rings is 1. The smallest absolute Gasteiger partial charge is 0.274 e. The monoisotopic (exact) mass is 435 g/mol. The molecule has 0 fully saturated rings. The van der Waals surface area contributed by atoms with Gasteiger partial charge in [-0.1, -0.05) is 22.9 Å². The van der Waals surface area contributed by atoms with Crippen LogP contribution in [0.5, 0.6) is 0 Å². The minimum atomic E-state index is -0.158. The van der Waals surface area contributed by atoms with Crippen LogP contribution in [0.1, 0.15) is 28.7 Å². The van der Waals surface area contributed by atoms with Gasteiger partial charge in [0.05, 0.1) is 5.69 Å². The number of halogens is 2. The second kappa shape index (κ2) is 6.45. The zero-order chi connectivity index (χ0) is 16.6. The molecule has 0 radical (unpaired) electrons. The van der Waals surface area contributed by atoms with Gasteiger partial charge < -0.3 is 5.32 Å². The van der Waals surface area contributed by atoms with Gasteiger partial charge in [-0.2, -0.15) is 0 Å². The van der Waals surface area contributed by atoms with Gasteiger partial charge in [-0.05, 0) is 65.2 Å². The summed E-state index contributed by atoms with van der Waals surface area (Å²) in [6.07, 6.45) is 2.56. The van der Waals surface area contributed by atoms with Gasteiger partial charge in [-0.15, -0.1) is 0 Å². The third-order valence-electron chi connectivity index (χ3n) is 3.62. The number of nitrogens with zero attached hydrogens (tertiary/aromatic N) is 2. The summed E-state index contributed by atoms with van der Waals surface area (Å²) in [5.41, 5.74) is 3.96. The zero-order valence-corrected chi connectivity index (χ0v) is 15.9. The van der Waals surface area contributed by atoms with Crippen molar-refractivity contribution in [3.63, 3.8) is 0 Å². The lowest BCUT2D eigenvalue weighted by molar-refractivity contribution is 0.102. The summed E-state index contributed by atoms with van der Waals surface area (Å²) in [7, 11) is 0. The number of amides is 1. The van der Waals surface area contributed by atoms with Crippen molar-refractivity contribution >= 4 is 49.1 Å². The normalized spacial score (nSPS) is 11.0. The number of carbonyl (C=O) groups is 1. The van der Waals surface area contributed by atoms with E-state index in [2.05, 4.69) is 42.2 Å². The third kappa shape index (κ3) is 3.19. The van der Waals surface area contributed by atoms with E-state index in [1.165, 1.54) is 0 Å². The fourth-order valence-corrected chi connectivity index (χ4v) is 3.05. The Morgan fingerprint density at radius 1 is 1.26 bits per heavy atom. The lowest BCUT2D eigenvalue weighted by Gasteiger charge is -2.08. The van der Waals surface area contributed by atoms with Gasteiger partial charge in [0.25, 0.3) is 5.91 Å². The molecule has 0 aliphatic rings. The maximum Gasteiger partial charge on any atom is 0.274 e. The van der Waals surface area contributed by atoms with Crippen molar-refractivity contribution in [2.24, 2.45) is 0 Å². The average molecular weight is 437 g/mol. The summed E-state index contributed by atoms with van der Waals surface area (Å²) in [5.74, 6) is -0.158. The van der Waals surface area contributed by atoms with Gasteiger partial charge in [0.1, 0.15) is 11.3 Å². The zero-order valence-electron chi connectivity index (χ0n) is 12.7. The fraction of sp³-hybridized carbons (Fsp3) is 0.176. The molecular weight excluding hydrogens is 422 g/mol. The van der Waals surface area contributed by atoms with Crippen LogP contribution in [0.25, 0.3) is 5.65 Å². The molecule has 0 saturated heterocycles. The third-order valence-corrected chi connectivity index (χ3v) is 4.98. The molecule has 0 spiro atoms. The van der Waals surface area contributed by atoms with Crippen LogP contribution in [0.3, 0.4) is 0 Å². The molecule has 0 aliphatic heterocycles. The number of fused-ring (bicyclic) bond motifs is 1. The van der Waals surface area contributed by atoms with Crippen molar-refractivity contribution in [2.75, 3.05) is 5.32 Å². The maximum absolute atomic E-state index is 12.8. The van der Waals surface area contributed by atoms with Crippen LogP contribution in [-0.2, 0) is 6.42 Å². The first kappa shape index (κ1) is 16.2. The topological polar surface area (TPSA) is 46.4 Å². The molecule has 3 aromatic rings. The molecule has 2 heterocycles. The average Bonchev–Trinajstić information content (AvgIpc) is 2.88. The van der Waals surface area contributed by atoms with Gasteiger partial charge in [0.15, 0.2) is 0 Å². The van der Waals surface area contributed by atoms with Crippen LogP contribution >= 0.6 is 31.9 Å². The van der Waals surface area contributed by atoms with E-state index in [1.807, 2.05) is 54.8 Å². The van der Waals surface area contributed by atoms with E-state index in [-0.39, 0.29) is 5.91 Å². The van der Waals surface area contributed by atoms with Crippen molar-refractivity contribution in [2.45, 2.75) is 20.3 Å². The van der Waals surface area contributed by atoms with E-state index in [0.29, 0.717) is 12.1 Å². The summed E-state index contributed by atoms with van der Waals surface area (Å²) in [4.78, 5) is 17.3. The van der Waals surface area contributed by atoms with Crippen LogP contribution in [0.4, 0.5) is 5.69 Å². The molecule has 0 aliphatic carbocycles.